The number of rotatable bonds is 14. The Labute approximate surface area is 293 Å². The third-order valence-corrected chi connectivity index (χ3v) is 9.40. The van der Waals surface area contributed by atoms with E-state index >= 15 is 0 Å². The summed E-state index contributed by atoms with van der Waals surface area (Å²) in [5, 5.41) is 19.1. The van der Waals surface area contributed by atoms with Gasteiger partial charge < -0.3 is 30.7 Å². The zero-order chi connectivity index (χ0) is 36.5. The Morgan fingerprint density at radius 3 is 2.14 bits per heavy atom. The predicted molar refractivity (Wildman–Crippen MR) is 199 cm³/mol. The fraction of sp³-hybridized carbons (Fsp3) is 0.618. The number of carboxylic acid groups (broad SMARTS) is 1. The van der Waals surface area contributed by atoms with Crippen molar-refractivity contribution in [1.29, 1.82) is 0 Å². The number of urea groups is 1. The number of hydrogen-bond acceptors (Lipinski definition) is 6. The number of carbonyl (C=O) groups is 5. The molecule has 0 unspecified atom stereocenters. The van der Waals surface area contributed by atoms with E-state index in [-0.39, 0.29) is 36.4 Å². The highest BCUT2D eigenvalue weighted by atomic mass is 16.5. The number of amides is 4. The number of benzene rings is 1. The fourth-order valence-electron chi connectivity index (χ4n) is 6.81. The van der Waals surface area contributed by atoms with Crippen molar-refractivity contribution < 1.29 is 33.8 Å². The van der Waals surface area contributed by atoms with Gasteiger partial charge in [0, 0.05) is 30.1 Å². The summed E-state index contributed by atoms with van der Waals surface area (Å²) in [6.45, 7) is 7.86. The van der Waals surface area contributed by atoms with Crippen LogP contribution in [0.1, 0.15) is 78.2 Å². The number of aliphatic carboxylic acids is 1. The molecule has 1 fully saturated rings. The van der Waals surface area contributed by atoms with Crippen LogP contribution in [0.15, 0.2) is 24.4 Å². The third-order valence-electron chi connectivity index (χ3n) is 9.40. The molecule has 0 radical (unpaired) electrons. The van der Waals surface area contributed by atoms with Crippen LogP contribution in [-0.2, 0) is 25.5 Å². The lowest BCUT2D eigenvalue weighted by Gasteiger charge is -2.42. The van der Waals surface area contributed by atoms with Gasteiger partial charge in [0.25, 0.3) is 0 Å². The Bertz CT molecular complexity index is 1480. The number of nitrogens with one attached hydrogen (secondary N) is 3. The monoisotopic (exact) mass is 677 g/mol. The van der Waals surface area contributed by atoms with Crippen molar-refractivity contribution in [3.05, 3.63) is 30.0 Å². The average Bonchev–Trinajstić information content (AvgIpc) is 3.41. The summed E-state index contributed by atoms with van der Waals surface area (Å²) in [4.78, 5) is 68.7. The van der Waals surface area contributed by atoms with Gasteiger partial charge in [-0.2, -0.15) is 0 Å². The lowest BCUT2D eigenvalue weighted by atomic mass is 9.82. The van der Waals surface area contributed by atoms with Gasteiger partial charge in [-0.25, -0.2) is 14.4 Å². The minimum absolute atomic E-state index is 0.0419. The second-order valence-electron chi connectivity index (χ2n) is 14.6. The topological polar surface area (TPSA) is 159 Å². The summed E-state index contributed by atoms with van der Waals surface area (Å²) in [6, 6.07) is 2.05. The van der Waals surface area contributed by atoms with Crippen molar-refractivity contribution in [2.24, 2.45) is 5.41 Å². The number of fused-ring (bicyclic) bond motifs is 1. The number of hydrogen-bond donors (Lipinski definition) is 4. The van der Waals surface area contributed by atoms with Crippen LogP contribution in [0.5, 0.6) is 0 Å². The molecule has 2 aromatic rings. The van der Waals surface area contributed by atoms with E-state index in [9.17, 15) is 29.1 Å². The number of carboxylic acids is 1. The van der Waals surface area contributed by atoms with Crippen molar-refractivity contribution in [1.82, 2.24) is 25.4 Å². The normalized spacial score (nSPS) is 18.3. The molecule has 4 amide bonds. The van der Waals surface area contributed by atoms with Gasteiger partial charge in [-0.1, -0.05) is 70.8 Å². The van der Waals surface area contributed by atoms with Crippen LogP contribution in [0.3, 0.4) is 0 Å². The maximum Gasteiger partial charge on any atom is 0.418 e. The second kappa shape index (κ2) is 17.7. The highest BCUT2D eigenvalue weighted by Crippen LogP contribution is 2.28. The van der Waals surface area contributed by atoms with Crippen LogP contribution < -0.4 is 21.4 Å². The Balaban J connectivity index is 2.01. The number of ether oxygens (including phenoxy) is 1. The molecule has 0 aliphatic carbocycles. The first-order valence-electron chi connectivity index (χ1n) is 17.7. The number of aromatic nitrogens is 1. The fourth-order valence-corrected chi connectivity index (χ4v) is 6.81. The molecule has 12 nitrogen and oxygen atoms in total. The van der Waals surface area contributed by atoms with Crippen molar-refractivity contribution in [3.63, 3.8) is 0 Å². The predicted octanol–water partition coefficient (Wildman–Crippen LogP) is 1.14. The van der Waals surface area contributed by atoms with Crippen LogP contribution in [-0.4, -0.2) is 105 Å². The largest absolute Gasteiger partial charge is 0.480 e. The van der Waals surface area contributed by atoms with E-state index in [4.69, 9.17) is 4.74 Å². The quantitative estimate of drug-likeness (QED) is 0.219. The van der Waals surface area contributed by atoms with Crippen LogP contribution in [0.4, 0.5) is 9.59 Å². The van der Waals surface area contributed by atoms with Gasteiger partial charge in [-0.05, 0) is 49.1 Å². The molecule has 0 saturated carbocycles. The number of methoxy groups -OCH3 is 1. The number of unbranched alkanes of at least 4 members (excludes halogenated alkanes) is 1. The van der Waals surface area contributed by atoms with Gasteiger partial charge in [0.2, 0.25) is 11.8 Å². The summed E-state index contributed by atoms with van der Waals surface area (Å²) in [6.07, 6.45) is 7.26. The molecular formula is C34H54B3N5O7. The lowest BCUT2D eigenvalue weighted by molar-refractivity contribution is -0.142. The maximum absolute atomic E-state index is 14.2. The molecular weight excluding hydrogens is 623 g/mol. The minimum atomic E-state index is -1.21. The Kier molecular flexibility index (Phi) is 14.3. The van der Waals surface area contributed by atoms with E-state index < -0.39 is 42.0 Å². The first-order chi connectivity index (χ1) is 23.1. The van der Waals surface area contributed by atoms with Gasteiger partial charge in [0.1, 0.15) is 41.7 Å². The summed E-state index contributed by atoms with van der Waals surface area (Å²) in [7, 11) is 7.31. The number of piperidine rings is 1. The van der Waals surface area contributed by atoms with Crippen LogP contribution >= 0.6 is 0 Å². The molecule has 4 N–H and O–H groups in total. The first-order valence-corrected chi connectivity index (χ1v) is 17.7. The van der Waals surface area contributed by atoms with Crippen molar-refractivity contribution in [3.8, 4) is 0 Å². The third kappa shape index (κ3) is 10.5. The molecule has 266 valence electrons. The molecule has 3 rings (SSSR count). The van der Waals surface area contributed by atoms with Crippen molar-refractivity contribution >= 4 is 69.8 Å². The van der Waals surface area contributed by atoms with Crippen molar-refractivity contribution in [2.75, 3.05) is 7.11 Å². The smallest absolute Gasteiger partial charge is 0.418 e. The molecule has 49 heavy (non-hydrogen) atoms. The van der Waals surface area contributed by atoms with Crippen LogP contribution in [0, 0.1) is 5.41 Å². The molecule has 0 bridgehead atoms. The van der Waals surface area contributed by atoms with Gasteiger partial charge in [0.15, 0.2) is 0 Å². The summed E-state index contributed by atoms with van der Waals surface area (Å²) < 4.78 is 6.33. The molecule has 1 aromatic carbocycles. The van der Waals surface area contributed by atoms with E-state index in [1.807, 2.05) is 52.6 Å². The molecule has 1 aromatic heterocycles. The molecule has 1 saturated heterocycles. The standard InChI is InChI=1S/C34H54B3N5O7/c1-6-7-11-25(31(45)46)38-29(43)26(14-20-19-41(33(48)49-5)28-13-12-21(37)15-24(20)28)39-30(44)27(16-34(2,3)4)40-32(47)42-22(17-35)9-8-10-23(42)18-36/h12-13,15,19,22-23,25-27H,6-11,14,16-18,35-37H2,1-5H3,(H,38,43)(H,39,44)(H,40,47)(H,45,46)/t22-,23+,25-,26-,27+/m1/s1. The van der Waals surface area contributed by atoms with Gasteiger partial charge in [-0.3, -0.25) is 14.2 Å². The van der Waals surface area contributed by atoms with Crippen LogP contribution in [0.2, 0.25) is 12.6 Å². The Hall–Kier alpha value is -3.90. The van der Waals surface area contributed by atoms with E-state index in [1.165, 1.54) is 11.7 Å². The van der Waals surface area contributed by atoms with Gasteiger partial charge in [0.05, 0.1) is 12.6 Å². The minimum Gasteiger partial charge on any atom is -0.480 e. The highest BCUT2D eigenvalue weighted by molar-refractivity contribution is 6.33. The zero-order valence-electron chi connectivity index (χ0n) is 30.6. The molecule has 1 aliphatic heterocycles. The summed E-state index contributed by atoms with van der Waals surface area (Å²) in [5.74, 6) is -2.38. The van der Waals surface area contributed by atoms with Gasteiger partial charge >= 0.3 is 18.1 Å². The first kappa shape index (κ1) is 39.5. The molecule has 5 atom stereocenters. The zero-order valence-corrected chi connectivity index (χ0v) is 30.6. The van der Waals surface area contributed by atoms with E-state index in [1.54, 1.807) is 12.3 Å². The summed E-state index contributed by atoms with van der Waals surface area (Å²) in [5.41, 5.74) is 1.72. The van der Waals surface area contributed by atoms with E-state index in [0.717, 1.165) is 43.8 Å². The molecule has 0 spiro atoms. The number of likely N-dealkylation sites (tertiary alicyclic amines) is 1. The van der Waals surface area contributed by atoms with E-state index in [2.05, 4.69) is 31.6 Å². The highest BCUT2D eigenvalue weighted by Gasteiger charge is 2.37. The van der Waals surface area contributed by atoms with E-state index in [0.29, 0.717) is 29.3 Å². The average molecular weight is 677 g/mol. The van der Waals surface area contributed by atoms with Gasteiger partial charge in [-0.15, -0.1) is 0 Å². The number of carbonyl (C=O) groups excluding carboxylic acids is 4. The van der Waals surface area contributed by atoms with Crippen molar-refractivity contribution in [2.45, 2.75) is 122 Å². The molecule has 2 heterocycles. The molecule has 1 aliphatic rings. The maximum atomic E-state index is 14.2. The second-order valence-corrected chi connectivity index (χ2v) is 14.6. The van der Waals surface area contributed by atoms with Crippen LogP contribution in [0.25, 0.3) is 10.9 Å². The molecule has 15 heteroatoms. The lowest BCUT2D eigenvalue weighted by Crippen LogP contribution is -2.60. The Morgan fingerprint density at radius 1 is 0.980 bits per heavy atom. The SMILES string of the molecule is BC[C@@H]1CCC[C@H](CB)N1C(=O)N[C@@H](CC(C)(C)C)C(=O)N[C@H](Cc1cn(C(=O)OC)c2ccc(B)cc12)C(=O)N[C@H](CCCC)C(=O)O. The Morgan fingerprint density at radius 2 is 1.59 bits per heavy atom. The number of nitrogens with zero attached hydrogens (tertiary/aromatic N) is 2. The summed E-state index contributed by atoms with van der Waals surface area (Å²) >= 11 is 0.